The Bertz CT molecular complexity index is 969. The van der Waals surface area contributed by atoms with Crippen molar-refractivity contribution in [2.24, 2.45) is 0 Å². The molecule has 28 heavy (non-hydrogen) atoms. The average molecular weight is 377 g/mol. The standard InChI is InChI=1S/C22H27N5O/c1-16-5-2-3-8-20(16)17-6-4-7-19(15-17)27-13-10-18(11-14-27)23-12-9-21-24-22(28)26-25-21/h2-8,15,18,23H,9-14H2,1H3,(H2,24,25,26,28). The van der Waals surface area contributed by atoms with E-state index in [4.69, 9.17) is 0 Å². The van der Waals surface area contributed by atoms with Crippen LogP contribution >= 0.6 is 0 Å². The Labute approximate surface area is 165 Å². The highest BCUT2D eigenvalue weighted by molar-refractivity contribution is 5.71. The van der Waals surface area contributed by atoms with Gasteiger partial charge in [0.05, 0.1) is 0 Å². The molecular formula is C22H27N5O. The van der Waals surface area contributed by atoms with Crippen molar-refractivity contribution in [1.82, 2.24) is 20.5 Å². The molecule has 0 saturated carbocycles. The van der Waals surface area contributed by atoms with E-state index in [1.165, 1.54) is 22.4 Å². The van der Waals surface area contributed by atoms with Crippen molar-refractivity contribution in [2.75, 3.05) is 24.5 Å². The van der Waals surface area contributed by atoms with Crippen LogP contribution in [0.1, 0.15) is 24.2 Å². The van der Waals surface area contributed by atoms with Crippen LogP contribution in [0.5, 0.6) is 0 Å². The number of rotatable bonds is 6. The number of H-pyrrole nitrogens is 2. The van der Waals surface area contributed by atoms with Gasteiger partial charge in [-0.3, -0.25) is 4.98 Å². The molecule has 6 heteroatoms. The molecule has 0 amide bonds. The molecule has 146 valence electrons. The van der Waals surface area contributed by atoms with E-state index in [1.54, 1.807) is 0 Å². The van der Waals surface area contributed by atoms with Crippen LogP contribution in [0.4, 0.5) is 5.69 Å². The lowest BCUT2D eigenvalue weighted by molar-refractivity contribution is 0.416. The number of piperidine rings is 1. The highest BCUT2D eigenvalue weighted by Crippen LogP contribution is 2.28. The molecule has 0 radical (unpaired) electrons. The summed E-state index contributed by atoms with van der Waals surface area (Å²) in [6.45, 7) is 5.09. The van der Waals surface area contributed by atoms with Gasteiger partial charge in [0.15, 0.2) is 0 Å². The number of benzene rings is 2. The Morgan fingerprint density at radius 2 is 1.96 bits per heavy atom. The van der Waals surface area contributed by atoms with Crippen LogP contribution < -0.4 is 15.9 Å². The van der Waals surface area contributed by atoms with Crippen LogP contribution in [0, 0.1) is 6.92 Å². The molecule has 1 fully saturated rings. The summed E-state index contributed by atoms with van der Waals surface area (Å²) in [5.74, 6) is 0.711. The number of aryl methyl sites for hydroxylation is 1. The molecule has 2 aromatic carbocycles. The monoisotopic (exact) mass is 377 g/mol. The van der Waals surface area contributed by atoms with E-state index in [2.05, 4.69) is 80.9 Å². The van der Waals surface area contributed by atoms with E-state index >= 15 is 0 Å². The van der Waals surface area contributed by atoms with E-state index in [0.29, 0.717) is 11.9 Å². The SMILES string of the molecule is Cc1ccccc1-c1cccc(N2CCC(NCCc3n[nH]c(=O)[nH]3)CC2)c1. The molecule has 0 bridgehead atoms. The summed E-state index contributed by atoms with van der Waals surface area (Å²) in [6.07, 6.45) is 2.97. The van der Waals surface area contributed by atoms with Gasteiger partial charge in [0.25, 0.3) is 0 Å². The number of aromatic nitrogens is 3. The van der Waals surface area contributed by atoms with E-state index in [1.807, 2.05) is 0 Å². The highest BCUT2D eigenvalue weighted by atomic mass is 16.1. The lowest BCUT2D eigenvalue weighted by Crippen LogP contribution is -2.43. The van der Waals surface area contributed by atoms with Crippen LogP contribution in [-0.2, 0) is 6.42 Å². The predicted octanol–water partition coefficient (Wildman–Crippen LogP) is 2.87. The second kappa shape index (κ2) is 8.44. The third-order valence-corrected chi connectivity index (χ3v) is 5.51. The topological polar surface area (TPSA) is 76.8 Å². The summed E-state index contributed by atoms with van der Waals surface area (Å²) in [4.78, 5) is 16.2. The molecule has 0 spiro atoms. The van der Waals surface area contributed by atoms with Crippen molar-refractivity contribution in [3.8, 4) is 11.1 Å². The van der Waals surface area contributed by atoms with Gasteiger partial charge in [-0.05, 0) is 48.6 Å². The Morgan fingerprint density at radius 3 is 2.71 bits per heavy atom. The summed E-state index contributed by atoms with van der Waals surface area (Å²) in [5, 5.41) is 9.95. The van der Waals surface area contributed by atoms with E-state index in [-0.39, 0.29) is 5.69 Å². The Balaban J connectivity index is 1.32. The van der Waals surface area contributed by atoms with Crippen molar-refractivity contribution in [2.45, 2.75) is 32.2 Å². The second-order valence-electron chi connectivity index (χ2n) is 7.46. The number of hydrogen-bond acceptors (Lipinski definition) is 4. The molecular weight excluding hydrogens is 350 g/mol. The molecule has 0 unspecified atom stereocenters. The zero-order chi connectivity index (χ0) is 19.3. The maximum atomic E-state index is 11.1. The summed E-state index contributed by atoms with van der Waals surface area (Å²) < 4.78 is 0. The Kier molecular flexibility index (Phi) is 5.58. The van der Waals surface area contributed by atoms with Gasteiger partial charge in [-0.2, -0.15) is 5.10 Å². The molecule has 3 aromatic rings. The molecule has 0 aliphatic carbocycles. The van der Waals surface area contributed by atoms with Gasteiger partial charge >= 0.3 is 5.69 Å². The minimum absolute atomic E-state index is 0.240. The molecule has 4 rings (SSSR count). The molecule has 1 aliphatic heterocycles. The van der Waals surface area contributed by atoms with Crippen LogP contribution in [0.3, 0.4) is 0 Å². The first-order valence-corrected chi connectivity index (χ1v) is 9.97. The van der Waals surface area contributed by atoms with Gasteiger partial charge in [0, 0.05) is 37.8 Å². The Morgan fingerprint density at radius 1 is 1.14 bits per heavy atom. The fourth-order valence-corrected chi connectivity index (χ4v) is 3.93. The maximum absolute atomic E-state index is 11.1. The van der Waals surface area contributed by atoms with Crippen LogP contribution in [0.2, 0.25) is 0 Å². The Hall–Kier alpha value is -2.86. The fraction of sp³-hybridized carbons (Fsp3) is 0.364. The lowest BCUT2D eigenvalue weighted by Gasteiger charge is -2.34. The van der Waals surface area contributed by atoms with Gasteiger partial charge in [-0.15, -0.1) is 0 Å². The van der Waals surface area contributed by atoms with Crippen molar-refractivity contribution in [1.29, 1.82) is 0 Å². The second-order valence-corrected chi connectivity index (χ2v) is 7.46. The van der Waals surface area contributed by atoms with Crippen molar-refractivity contribution in [3.63, 3.8) is 0 Å². The number of hydrogen-bond donors (Lipinski definition) is 3. The first-order chi connectivity index (χ1) is 13.7. The quantitative estimate of drug-likeness (QED) is 0.617. The molecule has 3 N–H and O–H groups in total. The molecule has 6 nitrogen and oxygen atoms in total. The fourth-order valence-electron chi connectivity index (χ4n) is 3.93. The summed E-state index contributed by atoms with van der Waals surface area (Å²) in [5.41, 5.74) is 4.95. The maximum Gasteiger partial charge on any atom is 0.340 e. The van der Waals surface area contributed by atoms with Gasteiger partial charge < -0.3 is 10.2 Å². The molecule has 1 aromatic heterocycles. The lowest BCUT2D eigenvalue weighted by atomic mass is 9.99. The van der Waals surface area contributed by atoms with Gasteiger partial charge in [0.2, 0.25) is 0 Å². The number of nitrogens with one attached hydrogen (secondary N) is 3. The number of aromatic amines is 2. The van der Waals surface area contributed by atoms with Crippen LogP contribution in [0.15, 0.2) is 53.3 Å². The van der Waals surface area contributed by atoms with Gasteiger partial charge in [-0.25, -0.2) is 9.89 Å². The van der Waals surface area contributed by atoms with Crippen LogP contribution in [-0.4, -0.2) is 40.9 Å². The molecule has 0 atom stereocenters. The van der Waals surface area contributed by atoms with Crippen molar-refractivity contribution in [3.05, 3.63) is 70.4 Å². The summed E-state index contributed by atoms with van der Waals surface area (Å²) >= 11 is 0. The van der Waals surface area contributed by atoms with Crippen molar-refractivity contribution < 1.29 is 0 Å². The van der Waals surface area contributed by atoms with Gasteiger partial charge in [-0.1, -0.05) is 36.4 Å². The normalized spacial score (nSPS) is 15.1. The summed E-state index contributed by atoms with van der Waals surface area (Å²) in [7, 11) is 0. The minimum atomic E-state index is -0.240. The van der Waals surface area contributed by atoms with E-state index in [9.17, 15) is 4.79 Å². The average Bonchev–Trinajstić information content (AvgIpc) is 3.14. The smallest absolute Gasteiger partial charge is 0.340 e. The first-order valence-electron chi connectivity index (χ1n) is 9.97. The summed E-state index contributed by atoms with van der Waals surface area (Å²) in [6, 6.07) is 17.9. The van der Waals surface area contributed by atoms with Crippen LogP contribution in [0.25, 0.3) is 11.1 Å². The molecule has 1 saturated heterocycles. The number of anilines is 1. The van der Waals surface area contributed by atoms with Gasteiger partial charge in [0.1, 0.15) is 5.82 Å². The zero-order valence-corrected chi connectivity index (χ0v) is 16.2. The number of nitrogens with zero attached hydrogens (tertiary/aromatic N) is 2. The molecule has 2 heterocycles. The van der Waals surface area contributed by atoms with E-state index in [0.717, 1.165) is 38.9 Å². The van der Waals surface area contributed by atoms with Crippen molar-refractivity contribution >= 4 is 5.69 Å². The van der Waals surface area contributed by atoms with E-state index < -0.39 is 0 Å². The zero-order valence-electron chi connectivity index (χ0n) is 16.2. The predicted molar refractivity (Wildman–Crippen MR) is 113 cm³/mol. The first kappa shape index (κ1) is 18.5. The highest BCUT2D eigenvalue weighted by Gasteiger charge is 2.19. The largest absolute Gasteiger partial charge is 0.371 e. The minimum Gasteiger partial charge on any atom is -0.371 e. The molecule has 1 aliphatic rings. The third-order valence-electron chi connectivity index (χ3n) is 5.51. The third kappa shape index (κ3) is 4.34.